The van der Waals surface area contributed by atoms with E-state index in [0.717, 1.165) is 32.2 Å². The molecule has 0 bridgehead atoms. The van der Waals surface area contributed by atoms with E-state index in [0.29, 0.717) is 6.10 Å². The molecule has 1 rings (SSSR count). The highest BCUT2D eigenvalue weighted by molar-refractivity contribution is 4.75. The second-order valence-corrected chi connectivity index (χ2v) is 5.11. The molecule has 16 heavy (non-hydrogen) atoms. The minimum absolute atomic E-state index is 0.365. The molecule has 1 heterocycles. The first-order chi connectivity index (χ1) is 7.70. The summed E-state index contributed by atoms with van der Waals surface area (Å²) in [7, 11) is 2.24. The molecule has 1 aliphatic heterocycles. The largest absolute Gasteiger partial charge is 0.379 e. The van der Waals surface area contributed by atoms with Crippen molar-refractivity contribution in [1.29, 1.82) is 0 Å². The van der Waals surface area contributed by atoms with Crippen LogP contribution in [0.4, 0.5) is 0 Å². The molecule has 1 N–H and O–H groups in total. The van der Waals surface area contributed by atoms with Gasteiger partial charge in [-0.1, -0.05) is 6.42 Å². The normalized spacial score (nSPS) is 22.9. The first kappa shape index (κ1) is 13.9. The van der Waals surface area contributed by atoms with Gasteiger partial charge in [0.2, 0.25) is 0 Å². The highest BCUT2D eigenvalue weighted by atomic mass is 16.5. The molecule has 1 atom stereocenters. The van der Waals surface area contributed by atoms with Crippen molar-refractivity contribution < 1.29 is 4.74 Å². The number of likely N-dealkylation sites (tertiary alicyclic amines) is 1. The number of rotatable bonds is 7. The van der Waals surface area contributed by atoms with Gasteiger partial charge in [0.15, 0.2) is 0 Å². The summed E-state index contributed by atoms with van der Waals surface area (Å²) >= 11 is 0. The zero-order chi connectivity index (χ0) is 11.8. The third-order valence-corrected chi connectivity index (χ3v) is 3.25. The molecule has 1 aliphatic rings. The zero-order valence-electron chi connectivity index (χ0n) is 11.2. The standard InChI is InChI=1S/C13H28N2O/c1-12(2)16-10-6-8-14-11-13-7-4-5-9-15(13)3/h12-14H,4-11H2,1-3H3. The lowest BCUT2D eigenvalue weighted by Gasteiger charge is -2.32. The van der Waals surface area contributed by atoms with Crippen LogP contribution in [0.5, 0.6) is 0 Å². The van der Waals surface area contributed by atoms with Crippen molar-refractivity contribution in [3.8, 4) is 0 Å². The van der Waals surface area contributed by atoms with Crippen molar-refractivity contribution in [3.63, 3.8) is 0 Å². The predicted molar refractivity (Wildman–Crippen MR) is 68.8 cm³/mol. The van der Waals surface area contributed by atoms with Crippen LogP contribution >= 0.6 is 0 Å². The highest BCUT2D eigenvalue weighted by Gasteiger charge is 2.17. The summed E-state index contributed by atoms with van der Waals surface area (Å²) in [5, 5.41) is 3.54. The van der Waals surface area contributed by atoms with Gasteiger partial charge < -0.3 is 15.0 Å². The summed E-state index contributed by atoms with van der Waals surface area (Å²) in [6.45, 7) is 8.54. The Morgan fingerprint density at radius 3 is 2.88 bits per heavy atom. The molecule has 96 valence electrons. The number of hydrogen-bond donors (Lipinski definition) is 1. The Balaban J connectivity index is 1.94. The summed E-state index contributed by atoms with van der Waals surface area (Å²) in [6, 6.07) is 0.750. The maximum atomic E-state index is 5.50. The summed E-state index contributed by atoms with van der Waals surface area (Å²) in [5.41, 5.74) is 0. The summed E-state index contributed by atoms with van der Waals surface area (Å²) in [5.74, 6) is 0. The Morgan fingerprint density at radius 2 is 2.19 bits per heavy atom. The number of piperidine rings is 1. The first-order valence-electron chi connectivity index (χ1n) is 6.72. The van der Waals surface area contributed by atoms with Crippen LogP contribution in [0.2, 0.25) is 0 Å². The van der Waals surface area contributed by atoms with Crippen LogP contribution in [0.3, 0.4) is 0 Å². The van der Waals surface area contributed by atoms with Crippen LogP contribution in [0.1, 0.15) is 39.5 Å². The summed E-state index contributed by atoms with van der Waals surface area (Å²) in [4.78, 5) is 2.49. The van der Waals surface area contributed by atoms with Crippen LogP contribution in [0, 0.1) is 0 Å². The maximum Gasteiger partial charge on any atom is 0.0518 e. The van der Waals surface area contributed by atoms with Gasteiger partial charge in [-0.15, -0.1) is 0 Å². The van der Waals surface area contributed by atoms with Crippen LogP contribution in [-0.2, 0) is 4.74 Å². The number of nitrogens with one attached hydrogen (secondary N) is 1. The Kier molecular flexibility index (Phi) is 7.01. The minimum Gasteiger partial charge on any atom is -0.379 e. The Morgan fingerprint density at radius 1 is 1.38 bits per heavy atom. The molecule has 0 aromatic carbocycles. The fourth-order valence-corrected chi connectivity index (χ4v) is 2.19. The molecular weight excluding hydrogens is 200 g/mol. The van der Waals surface area contributed by atoms with Gasteiger partial charge >= 0.3 is 0 Å². The van der Waals surface area contributed by atoms with E-state index < -0.39 is 0 Å². The van der Waals surface area contributed by atoms with Crippen molar-refractivity contribution >= 4 is 0 Å². The molecule has 1 fully saturated rings. The van der Waals surface area contributed by atoms with Crippen LogP contribution in [0.25, 0.3) is 0 Å². The topological polar surface area (TPSA) is 24.5 Å². The number of nitrogens with zero attached hydrogens (tertiary/aromatic N) is 1. The molecule has 3 nitrogen and oxygen atoms in total. The van der Waals surface area contributed by atoms with Crippen molar-refractivity contribution in [3.05, 3.63) is 0 Å². The zero-order valence-corrected chi connectivity index (χ0v) is 11.2. The molecule has 1 unspecified atom stereocenters. The van der Waals surface area contributed by atoms with Crippen molar-refractivity contribution in [1.82, 2.24) is 10.2 Å². The summed E-state index contributed by atoms with van der Waals surface area (Å²) in [6.07, 6.45) is 5.60. The molecule has 3 heteroatoms. The van der Waals surface area contributed by atoms with Crippen LogP contribution in [-0.4, -0.2) is 50.3 Å². The Labute approximate surface area is 101 Å². The number of likely N-dealkylation sites (N-methyl/N-ethyl adjacent to an activating group) is 1. The number of ether oxygens (including phenoxy) is 1. The average Bonchev–Trinajstić information content (AvgIpc) is 2.25. The van der Waals surface area contributed by atoms with Gasteiger partial charge in [-0.25, -0.2) is 0 Å². The van der Waals surface area contributed by atoms with Gasteiger partial charge in [-0.3, -0.25) is 0 Å². The Hall–Kier alpha value is -0.120. The van der Waals surface area contributed by atoms with Crippen molar-refractivity contribution in [2.24, 2.45) is 0 Å². The van der Waals surface area contributed by atoms with Gasteiger partial charge in [-0.2, -0.15) is 0 Å². The van der Waals surface area contributed by atoms with Gasteiger partial charge in [-0.05, 0) is 53.2 Å². The molecule has 1 saturated heterocycles. The lowest BCUT2D eigenvalue weighted by molar-refractivity contribution is 0.0766. The minimum atomic E-state index is 0.365. The third-order valence-electron chi connectivity index (χ3n) is 3.25. The van der Waals surface area contributed by atoms with Gasteiger partial charge in [0, 0.05) is 19.2 Å². The van der Waals surface area contributed by atoms with Crippen molar-refractivity contribution in [2.45, 2.75) is 51.7 Å². The van der Waals surface area contributed by atoms with E-state index in [1.165, 1.54) is 25.8 Å². The highest BCUT2D eigenvalue weighted by Crippen LogP contribution is 2.13. The first-order valence-corrected chi connectivity index (χ1v) is 6.72. The van der Waals surface area contributed by atoms with Crippen LogP contribution < -0.4 is 5.32 Å². The van der Waals surface area contributed by atoms with E-state index in [9.17, 15) is 0 Å². The molecule has 0 amide bonds. The van der Waals surface area contributed by atoms with Crippen molar-refractivity contribution in [2.75, 3.05) is 33.3 Å². The molecule has 0 aromatic rings. The average molecular weight is 228 g/mol. The fourth-order valence-electron chi connectivity index (χ4n) is 2.19. The maximum absolute atomic E-state index is 5.50. The summed E-state index contributed by atoms with van der Waals surface area (Å²) < 4.78 is 5.50. The van der Waals surface area contributed by atoms with E-state index in [1.54, 1.807) is 0 Å². The second-order valence-electron chi connectivity index (χ2n) is 5.11. The van der Waals surface area contributed by atoms with E-state index in [2.05, 4.69) is 31.1 Å². The monoisotopic (exact) mass is 228 g/mol. The third kappa shape index (κ3) is 5.83. The van der Waals surface area contributed by atoms with Gasteiger partial charge in [0.1, 0.15) is 0 Å². The lowest BCUT2D eigenvalue weighted by atomic mass is 10.0. The SMILES string of the molecule is CC(C)OCCCNCC1CCCCN1C. The predicted octanol–water partition coefficient (Wildman–Crippen LogP) is 1.88. The quantitative estimate of drug-likeness (QED) is 0.673. The van der Waals surface area contributed by atoms with Gasteiger partial charge in [0.25, 0.3) is 0 Å². The van der Waals surface area contributed by atoms with Crippen LogP contribution in [0.15, 0.2) is 0 Å². The smallest absolute Gasteiger partial charge is 0.0518 e. The van der Waals surface area contributed by atoms with Gasteiger partial charge in [0.05, 0.1) is 6.10 Å². The lowest BCUT2D eigenvalue weighted by Crippen LogP contribution is -2.43. The molecule has 0 radical (unpaired) electrons. The second kappa shape index (κ2) is 8.04. The molecular formula is C13H28N2O. The fraction of sp³-hybridized carbons (Fsp3) is 1.00. The molecule has 0 aliphatic carbocycles. The van der Waals surface area contributed by atoms with E-state index >= 15 is 0 Å². The van der Waals surface area contributed by atoms with E-state index in [4.69, 9.17) is 4.74 Å². The molecule has 0 aromatic heterocycles. The van der Waals surface area contributed by atoms with E-state index in [1.807, 2.05) is 0 Å². The number of hydrogen-bond acceptors (Lipinski definition) is 3. The molecule has 0 saturated carbocycles. The van der Waals surface area contributed by atoms with E-state index in [-0.39, 0.29) is 0 Å². The Bertz CT molecular complexity index is 173. The molecule has 0 spiro atoms.